The van der Waals surface area contributed by atoms with Gasteiger partial charge in [0.15, 0.2) is 0 Å². The van der Waals surface area contributed by atoms with E-state index in [-0.39, 0.29) is 0 Å². The van der Waals surface area contributed by atoms with Gasteiger partial charge in [0, 0.05) is 4.47 Å². The third-order valence-electron chi connectivity index (χ3n) is 2.37. The zero-order chi connectivity index (χ0) is 10.8. The predicted octanol–water partition coefficient (Wildman–Crippen LogP) is 3.81. The van der Waals surface area contributed by atoms with Crippen molar-refractivity contribution in [3.8, 4) is 6.07 Å². The van der Waals surface area contributed by atoms with Crippen LogP contribution in [0.4, 0.5) is 0 Å². The topological polar surface area (TPSA) is 23.8 Å². The molecule has 0 saturated heterocycles. The fraction of sp³-hybridized carbons (Fsp3) is 0.417. The van der Waals surface area contributed by atoms with Gasteiger partial charge in [0.25, 0.3) is 0 Å². The van der Waals surface area contributed by atoms with Crippen LogP contribution < -0.4 is 0 Å². The fourth-order valence-electron chi connectivity index (χ4n) is 1.28. The Morgan fingerprint density at radius 3 is 2.50 bits per heavy atom. The van der Waals surface area contributed by atoms with Gasteiger partial charge in [-0.15, -0.1) is 0 Å². The third-order valence-corrected chi connectivity index (χ3v) is 2.82. The van der Waals surface area contributed by atoms with Crippen molar-refractivity contribution in [1.29, 1.82) is 5.26 Å². The van der Waals surface area contributed by atoms with Crippen LogP contribution in [0.1, 0.15) is 31.9 Å². The maximum absolute atomic E-state index is 9.04. The molecular weight excluding hydrogens is 238 g/mol. The van der Waals surface area contributed by atoms with Crippen molar-refractivity contribution in [2.24, 2.45) is 0 Å². The van der Waals surface area contributed by atoms with Crippen LogP contribution in [-0.2, 0) is 11.8 Å². The van der Waals surface area contributed by atoms with Crippen LogP contribution >= 0.6 is 15.9 Å². The smallest absolute Gasteiger partial charge is 0.0766 e. The van der Waals surface area contributed by atoms with E-state index < -0.39 is 5.41 Å². The number of halogens is 1. The number of aryl methyl sites for hydroxylation is 1. The molecule has 0 aliphatic heterocycles. The van der Waals surface area contributed by atoms with Crippen molar-refractivity contribution in [3.63, 3.8) is 0 Å². The first-order chi connectivity index (χ1) is 6.49. The lowest BCUT2D eigenvalue weighted by atomic mass is 9.85. The quantitative estimate of drug-likeness (QED) is 0.785. The normalized spacial score (nSPS) is 11.1. The fourth-order valence-corrected chi connectivity index (χ4v) is 1.82. The van der Waals surface area contributed by atoms with Gasteiger partial charge in [0.2, 0.25) is 0 Å². The summed E-state index contributed by atoms with van der Waals surface area (Å²) >= 11 is 3.47. The standard InChI is InChI=1S/C12H14BrN/c1-4-9-5-10(7-11(13)6-9)12(2,3)8-14/h5-7H,4H2,1-3H3. The second-order valence-corrected chi connectivity index (χ2v) is 4.85. The van der Waals surface area contributed by atoms with Gasteiger partial charge < -0.3 is 0 Å². The third kappa shape index (κ3) is 2.36. The number of hydrogen-bond acceptors (Lipinski definition) is 1. The summed E-state index contributed by atoms with van der Waals surface area (Å²) in [5, 5.41) is 9.04. The van der Waals surface area contributed by atoms with Gasteiger partial charge in [-0.1, -0.05) is 28.9 Å². The minimum Gasteiger partial charge on any atom is -0.197 e. The number of hydrogen-bond donors (Lipinski definition) is 0. The largest absolute Gasteiger partial charge is 0.197 e. The van der Waals surface area contributed by atoms with Gasteiger partial charge in [0.1, 0.15) is 0 Å². The van der Waals surface area contributed by atoms with E-state index in [9.17, 15) is 0 Å². The summed E-state index contributed by atoms with van der Waals surface area (Å²) in [5.74, 6) is 0. The Morgan fingerprint density at radius 1 is 1.36 bits per heavy atom. The summed E-state index contributed by atoms with van der Waals surface area (Å²) in [4.78, 5) is 0. The lowest BCUT2D eigenvalue weighted by Gasteiger charge is -2.17. The highest BCUT2D eigenvalue weighted by atomic mass is 79.9. The highest BCUT2D eigenvalue weighted by molar-refractivity contribution is 9.10. The Balaban J connectivity index is 3.24. The van der Waals surface area contributed by atoms with Crippen molar-refractivity contribution < 1.29 is 0 Å². The predicted molar refractivity (Wildman–Crippen MR) is 62.2 cm³/mol. The molecule has 1 aromatic rings. The second-order valence-electron chi connectivity index (χ2n) is 3.94. The Morgan fingerprint density at radius 2 is 2.00 bits per heavy atom. The summed E-state index contributed by atoms with van der Waals surface area (Å²) in [5.41, 5.74) is 1.93. The number of nitrogens with zero attached hydrogens (tertiary/aromatic N) is 1. The lowest BCUT2D eigenvalue weighted by molar-refractivity contribution is 0.685. The molecule has 0 radical (unpaired) electrons. The summed E-state index contributed by atoms with van der Waals surface area (Å²) in [6.07, 6.45) is 0.994. The summed E-state index contributed by atoms with van der Waals surface area (Å²) in [6, 6.07) is 8.53. The van der Waals surface area contributed by atoms with Gasteiger partial charge in [-0.25, -0.2) is 0 Å². The van der Waals surface area contributed by atoms with Crippen LogP contribution in [0, 0.1) is 11.3 Å². The molecule has 0 bridgehead atoms. The molecule has 0 aliphatic carbocycles. The lowest BCUT2D eigenvalue weighted by Crippen LogP contribution is -2.14. The van der Waals surface area contributed by atoms with Crippen molar-refractivity contribution in [2.45, 2.75) is 32.6 Å². The maximum atomic E-state index is 9.04. The molecule has 0 unspecified atom stereocenters. The molecule has 0 saturated carbocycles. The van der Waals surface area contributed by atoms with Gasteiger partial charge in [0.05, 0.1) is 11.5 Å². The number of rotatable bonds is 2. The average molecular weight is 252 g/mol. The Labute approximate surface area is 93.9 Å². The van der Waals surface area contributed by atoms with Crippen LogP contribution in [0.3, 0.4) is 0 Å². The van der Waals surface area contributed by atoms with Crippen molar-refractivity contribution >= 4 is 15.9 Å². The van der Waals surface area contributed by atoms with Crippen LogP contribution in [0.15, 0.2) is 22.7 Å². The minimum atomic E-state index is -0.409. The zero-order valence-electron chi connectivity index (χ0n) is 8.76. The molecule has 0 aliphatic rings. The number of nitriles is 1. The van der Waals surface area contributed by atoms with E-state index in [4.69, 9.17) is 5.26 Å². The van der Waals surface area contributed by atoms with E-state index in [2.05, 4.69) is 41.1 Å². The molecule has 1 nitrogen and oxygen atoms in total. The Kier molecular flexibility index (Phi) is 3.34. The van der Waals surface area contributed by atoms with Gasteiger partial charge in [-0.3, -0.25) is 0 Å². The highest BCUT2D eigenvalue weighted by Crippen LogP contribution is 2.26. The first kappa shape index (κ1) is 11.3. The van der Waals surface area contributed by atoms with Crippen LogP contribution in [0.25, 0.3) is 0 Å². The van der Waals surface area contributed by atoms with E-state index in [1.807, 2.05) is 19.9 Å². The zero-order valence-corrected chi connectivity index (χ0v) is 10.4. The molecule has 0 amide bonds. The van der Waals surface area contributed by atoms with E-state index in [1.165, 1.54) is 5.56 Å². The van der Waals surface area contributed by atoms with Crippen LogP contribution in [-0.4, -0.2) is 0 Å². The van der Waals surface area contributed by atoms with Crippen molar-refractivity contribution in [1.82, 2.24) is 0 Å². The highest BCUT2D eigenvalue weighted by Gasteiger charge is 2.20. The molecule has 1 aromatic carbocycles. The first-order valence-electron chi connectivity index (χ1n) is 4.71. The molecule has 0 spiro atoms. The minimum absolute atomic E-state index is 0.409. The molecule has 0 heterocycles. The van der Waals surface area contributed by atoms with Crippen molar-refractivity contribution in [3.05, 3.63) is 33.8 Å². The molecule has 0 atom stereocenters. The molecule has 2 heteroatoms. The van der Waals surface area contributed by atoms with E-state index in [1.54, 1.807) is 0 Å². The summed E-state index contributed by atoms with van der Waals surface area (Å²) in [7, 11) is 0. The van der Waals surface area contributed by atoms with Crippen LogP contribution in [0.2, 0.25) is 0 Å². The number of benzene rings is 1. The summed E-state index contributed by atoms with van der Waals surface area (Å²) in [6.45, 7) is 5.99. The Bertz CT molecular complexity index is 374. The van der Waals surface area contributed by atoms with E-state index in [0.717, 1.165) is 16.5 Å². The molecule has 0 fully saturated rings. The van der Waals surface area contributed by atoms with Crippen molar-refractivity contribution in [2.75, 3.05) is 0 Å². The molecule has 14 heavy (non-hydrogen) atoms. The monoisotopic (exact) mass is 251 g/mol. The first-order valence-corrected chi connectivity index (χ1v) is 5.50. The Hall–Kier alpha value is -0.810. The molecule has 1 rings (SSSR count). The average Bonchev–Trinajstić information content (AvgIpc) is 2.16. The van der Waals surface area contributed by atoms with E-state index >= 15 is 0 Å². The van der Waals surface area contributed by atoms with Gasteiger partial charge in [-0.05, 0) is 43.5 Å². The van der Waals surface area contributed by atoms with Gasteiger partial charge in [-0.2, -0.15) is 5.26 Å². The molecular formula is C12H14BrN. The summed E-state index contributed by atoms with van der Waals surface area (Å²) < 4.78 is 1.05. The molecule has 0 aromatic heterocycles. The molecule has 0 N–H and O–H groups in total. The SMILES string of the molecule is CCc1cc(Br)cc(C(C)(C)C#N)c1. The van der Waals surface area contributed by atoms with Gasteiger partial charge >= 0.3 is 0 Å². The van der Waals surface area contributed by atoms with Crippen LogP contribution in [0.5, 0.6) is 0 Å². The van der Waals surface area contributed by atoms with E-state index in [0.29, 0.717) is 0 Å². The molecule has 74 valence electrons. The maximum Gasteiger partial charge on any atom is 0.0766 e. The second kappa shape index (κ2) is 4.14.